The van der Waals surface area contributed by atoms with E-state index in [0.29, 0.717) is 61.6 Å². The molecule has 0 saturated carbocycles. The lowest BCUT2D eigenvalue weighted by Crippen LogP contribution is -2.39. The van der Waals surface area contributed by atoms with E-state index in [1.807, 2.05) is 47.4 Å². The van der Waals surface area contributed by atoms with Crippen LogP contribution in [0.4, 0.5) is 5.95 Å². The summed E-state index contributed by atoms with van der Waals surface area (Å²) in [5.74, 6) is 2.45. The van der Waals surface area contributed by atoms with E-state index in [-0.39, 0.29) is 5.91 Å². The molecule has 170 valence electrons. The molecule has 0 aliphatic carbocycles. The molecule has 0 spiro atoms. The van der Waals surface area contributed by atoms with Crippen molar-refractivity contribution >= 4 is 11.9 Å². The number of morpholine rings is 1. The average Bonchev–Trinajstić information content (AvgIpc) is 2.89. The first-order chi connectivity index (χ1) is 16.2. The number of fused-ring (bicyclic) bond motifs is 1. The summed E-state index contributed by atoms with van der Waals surface area (Å²) in [6.45, 7) is 3.74. The molecular formula is C25H26N4O4. The van der Waals surface area contributed by atoms with Crippen LogP contribution in [0.15, 0.2) is 54.6 Å². The van der Waals surface area contributed by atoms with Crippen LogP contribution < -0.4 is 14.4 Å². The van der Waals surface area contributed by atoms with Gasteiger partial charge in [0.15, 0.2) is 0 Å². The van der Waals surface area contributed by atoms with Gasteiger partial charge >= 0.3 is 0 Å². The first-order valence-electron chi connectivity index (χ1n) is 11.1. The van der Waals surface area contributed by atoms with Crippen molar-refractivity contribution in [3.63, 3.8) is 0 Å². The third-order valence-electron chi connectivity index (χ3n) is 5.87. The number of amides is 1. The Hall–Kier alpha value is -3.65. The highest BCUT2D eigenvalue weighted by molar-refractivity contribution is 5.94. The molecule has 8 heteroatoms. The fourth-order valence-electron chi connectivity index (χ4n) is 4.07. The van der Waals surface area contributed by atoms with Crippen LogP contribution >= 0.6 is 0 Å². The van der Waals surface area contributed by atoms with Gasteiger partial charge in [0, 0.05) is 31.6 Å². The second-order valence-electron chi connectivity index (χ2n) is 7.98. The molecule has 1 aromatic heterocycles. The van der Waals surface area contributed by atoms with Crippen molar-refractivity contribution in [2.45, 2.75) is 13.0 Å². The molecule has 33 heavy (non-hydrogen) atoms. The number of carbonyl (C=O) groups is 1. The Morgan fingerprint density at radius 3 is 2.55 bits per heavy atom. The first kappa shape index (κ1) is 21.2. The van der Waals surface area contributed by atoms with Gasteiger partial charge in [-0.3, -0.25) is 4.79 Å². The second kappa shape index (κ2) is 9.46. The SMILES string of the molecule is COc1cccc(C(=O)N2CCc3nc(N4CCOCC4)nc(Oc4ccccc4)c3C2)c1. The van der Waals surface area contributed by atoms with Crippen molar-refractivity contribution in [1.29, 1.82) is 0 Å². The largest absolute Gasteiger partial charge is 0.497 e. The highest BCUT2D eigenvalue weighted by atomic mass is 16.5. The van der Waals surface area contributed by atoms with Gasteiger partial charge in [-0.25, -0.2) is 4.98 Å². The van der Waals surface area contributed by atoms with Crippen molar-refractivity contribution in [2.24, 2.45) is 0 Å². The summed E-state index contributed by atoms with van der Waals surface area (Å²) in [6.07, 6.45) is 0.635. The van der Waals surface area contributed by atoms with Gasteiger partial charge in [-0.05, 0) is 30.3 Å². The number of aromatic nitrogens is 2. The Balaban J connectivity index is 1.47. The second-order valence-corrected chi connectivity index (χ2v) is 7.98. The molecule has 3 aromatic rings. The van der Waals surface area contributed by atoms with E-state index in [1.54, 1.807) is 19.2 Å². The summed E-state index contributed by atoms with van der Waals surface area (Å²) in [6, 6.07) is 16.8. The summed E-state index contributed by atoms with van der Waals surface area (Å²) >= 11 is 0. The number of nitrogens with zero attached hydrogens (tertiary/aromatic N) is 4. The number of ether oxygens (including phenoxy) is 3. The molecule has 0 N–H and O–H groups in total. The van der Waals surface area contributed by atoms with Gasteiger partial charge < -0.3 is 24.0 Å². The van der Waals surface area contributed by atoms with Crippen LogP contribution in [0, 0.1) is 0 Å². The van der Waals surface area contributed by atoms with E-state index < -0.39 is 0 Å². The molecule has 8 nitrogen and oxygen atoms in total. The molecule has 2 aromatic carbocycles. The predicted octanol–water partition coefficient (Wildman–Crippen LogP) is 3.31. The number of rotatable bonds is 5. The van der Waals surface area contributed by atoms with Crippen molar-refractivity contribution < 1.29 is 19.0 Å². The minimum absolute atomic E-state index is 0.0533. The van der Waals surface area contributed by atoms with Crippen LogP contribution in [0.5, 0.6) is 17.4 Å². The fourth-order valence-corrected chi connectivity index (χ4v) is 4.07. The van der Waals surface area contributed by atoms with Crippen LogP contribution in [-0.4, -0.2) is 60.7 Å². The van der Waals surface area contributed by atoms with Gasteiger partial charge in [0.2, 0.25) is 11.8 Å². The maximum Gasteiger partial charge on any atom is 0.254 e. The third kappa shape index (κ3) is 4.61. The predicted molar refractivity (Wildman–Crippen MR) is 123 cm³/mol. The monoisotopic (exact) mass is 446 g/mol. The zero-order valence-corrected chi connectivity index (χ0v) is 18.6. The van der Waals surface area contributed by atoms with E-state index in [4.69, 9.17) is 24.2 Å². The lowest BCUT2D eigenvalue weighted by Gasteiger charge is -2.32. The Morgan fingerprint density at radius 1 is 0.970 bits per heavy atom. The van der Waals surface area contributed by atoms with Crippen molar-refractivity contribution in [1.82, 2.24) is 14.9 Å². The van der Waals surface area contributed by atoms with E-state index >= 15 is 0 Å². The molecule has 0 bridgehead atoms. The molecule has 5 rings (SSSR count). The van der Waals surface area contributed by atoms with E-state index in [0.717, 1.165) is 24.3 Å². The molecule has 1 amide bonds. The molecule has 0 atom stereocenters. The first-order valence-corrected chi connectivity index (χ1v) is 11.1. The summed E-state index contributed by atoms with van der Waals surface area (Å²) in [5.41, 5.74) is 2.36. The highest BCUT2D eigenvalue weighted by Crippen LogP contribution is 2.32. The highest BCUT2D eigenvalue weighted by Gasteiger charge is 2.29. The molecule has 0 radical (unpaired) electrons. The summed E-state index contributed by atoms with van der Waals surface area (Å²) < 4.78 is 17.0. The van der Waals surface area contributed by atoms with Crippen LogP contribution in [0.3, 0.4) is 0 Å². The quantitative estimate of drug-likeness (QED) is 0.595. The fraction of sp³-hybridized carbons (Fsp3) is 0.320. The summed E-state index contributed by atoms with van der Waals surface area (Å²) in [7, 11) is 1.59. The maximum absolute atomic E-state index is 13.2. The zero-order chi connectivity index (χ0) is 22.6. The number of benzene rings is 2. The van der Waals surface area contributed by atoms with Gasteiger partial charge in [-0.1, -0.05) is 24.3 Å². The topological polar surface area (TPSA) is 77.0 Å². The maximum atomic E-state index is 13.2. The number of carbonyl (C=O) groups excluding carboxylic acids is 1. The van der Waals surface area contributed by atoms with E-state index in [9.17, 15) is 4.79 Å². The number of hydrogen-bond acceptors (Lipinski definition) is 7. The number of methoxy groups -OCH3 is 1. The van der Waals surface area contributed by atoms with Crippen LogP contribution in [0.2, 0.25) is 0 Å². The Bertz CT molecular complexity index is 1130. The smallest absolute Gasteiger partial charge is 0.254 e. The molecule has 1 fully saturated rings. The third-order valence-corrected chi connectivity index (χ3v) is 5.87. The standard InChI is InChI=1S/C25H26N4O4/c1-31-20-9-5-6-18(16-20)24(30)29-11-10-22-21(17-29)23(33-19-7-3-2-4-8-19)27-25(26-22)28-12-14-32-15-13-28/h2-9,16H,10-15,17H2,1H3. The lowest BCUT2D eigenvalue weighted by atomic mass is 10.0. The van der Waals surface area contributed by atoms with Crippen LogP contribution in [0.25, 0.3) is 0 Å². The van der Waals surface area contributed by atoms with Crippen LogP contribution in [0.1, 0.15) is 21.6 Å². The van der Waals surface area contributed by atoms with E-state index in [1.165, 1.54) is 0 Å². The Kier molecular flexibility index (Phi) is 6.08. The van der Waals surface area contributed by atoms with Crippen molar-refractivity contribution in [3.05, 3.63) is 71.4 Å². The van der Waals surface area contributed by atoms with Gasteiger partial charge in [0.05, 0.1) is 38.1 Å². The van der Waals surface area contributed by atoms with Crippen molar-refractivity contribution in [2.75, 3.05) is 44.9 Å². The number of anilines is 1. The van der Waals surface area contributed by atoms with Gasteiger partial charge in [0.25, 0.3) is 5.91 Å². The van der Waals surface area contributed by atoms with Gasteiger partial charge in [-0.15, -0.1) is 0 Å². The van der Waals surface area contributed by atoms with Gasteiger partial charge in [-0.2, -0.15) is 4.98 Å². The molecule has 0 unspecified atom stereocenters. The van der Waals surface area contributed by atoms with E-state index in [2.05, 4.69) is 4.90 Å². The summed E-state index contributed by atoms with van der Waals surface area (Å²) in [4.78, 5) is 26.8. The lowest BCUT2D eigenvalue weighted by molar-refractivity contribution is 0.0731. The van der Waals surface area contributed by atoms with Crippen LogP contribution in [-0.2, 0) is 17.7 Å². The Labute approximate surface area is 192 Å². The summed E-state index contributed by atoms with van der Waals surface area (Å²) in [5, 5.41) is 0. The molecule has 3 heterocycles. The average molecular weight is 447 g/mol. The minimum Gasteiger partial charge on any atom is -0.497 e. The molecular weight excluding hydrogens is 420 g/mol. The zero-order valence-electron chi connectivity index (χ0n) is 18.6. The Morgan fingerprint density at radius 2 is 1.76 bits per heavy atom. The number of hydrogen-bond donors (Lipinski definition) is 0. The van der Waals surface area contributed by atoms with Crippen molar-refractivity contribution in [3.8, 4) is 17.4 Å². The number of para-hydroxylation sites is 1. The molecule has 2 aliphatic rings. The molecule has 2 aliphatic heterocycles. The normalized spacial score (nSPS) is 15.7. The minimum atomic E-state index is -0.0533. The molecule has 1 saturated heterocycles. The van der Waals surface area contributed by atoms with Gasteiger partial charge in [0.1, 0.15) is 11.5 Å².